The van der Waals surface area contributed by atoms with E-state index in [1.807, 2.05) is 0 Å². The average molecular weight is 290 g/mol. The number of rotatable bonds is 5. The van der Waals surface area contributed by atoms with Crippen LogP contribution in [0, 0.1) is 10.1 Å². The van der Waals surface area contributed by atoms with E-state index < -0.39 is 11.0 Å². The Hall–Kier alpha value is -2.67. The molecule has 1 aromatic heterocycles. The molecule has 0 aliphatic rings. The predicted octanol–water partition coefficient (Wildman–Crippen LogP) is 2.84. The van der Waals surface area contributed by atoms with Gasteiger partial charge >= 0.3 is 0 Å². The second-order valence-corrected chi connectivity index (χ2v) is 4.29. The van der Waals surface area contributed by atoms with Crippen molar-refractivity contribution in [2.24, 2.45) is 0 Å². The SMILES string of the molecule is COc1cc([N+](=O)[O-])ccc1Oc1ccc([C@H](C)O)nc1. The quantitative estimate of drug-likeness (QED) is 0.672. The van der Waals surface area contributed by atoms with Crippen molar-refractivity contribution >= 4 is 5.69 Å². The number of ether oxygens (including phenoxy) is 2. The van der Waals surface area contributed by atoms with Gasteiger partial charge in [-0.15, -0.1) is 0 Å². The molecular formula is C14H14N2O5. The third-order valence-electron chi connectivity index (χ3n) is 2.77. The van der Waals surface area contributed by atoms with E-state index in [-0.39, 0.29) is 11.4 Å². The molecule has 0 fully saturated rings. The van der Waals surface area contributed by atoms with Crippen LogP contribution in [-0.4, -0.2) is 22.1 Å². The van der Waals surface area contributed by atoms with Crippen molar-refractivity contribution in [2.75, 3.05) is 7.11 Å². The zero-order valence-corrected chi connectivity index (χ0v) is 11.5. The molecule has 0 saturated carbocycles. The number of hydrogen-bond acceptors (Lipinski definition) is 6. The number of hydrogen-bond donors (Lipinski definition) is 1. The Morgan fingerprint density at radius 3 is 2.57 bits per heavy atom. The van der Waals surface area contributed by atoms with Gasteiger partial charge in [0.05, 0.1) is 36.1 Å². The molecule has 110 valence electrons. The van der Waals surface area contributed by atoms with Crippen molar-refractivity contribution < 1.29 is 19.5 Å². The molecule has 0 aliphatic carbocycles. The Labute approximate surface area is 120 Å². The number of methoxy groups -OCH3 is 1. The molecule has 1 atom stereocenters. The molecule has 7 heteroatoms. The van der Waals surface area contributed by atoms with Crippen LogP contribution in [0.15, 0.2) is 36.5 Å². The lowest BCUT2D eigenvalue weighted by Gasteiger charge is -2.10. The van der Waals surface area contributed by atoms with Crippen LogP contribution in [0.4, 0.5) is 5.69 Å². The average Bonchev–Trinajstić information content (AvgIpc) is 2.48. The van der Waals surface area contributed by atoms with Crippen LogP contribution in [0.3, 0.4) is 0 Å². The highest BCUT2D eigenvalue weighted by Gasteiger charge is 2.13. The number of aliphatic hydroxyl groups excluding tert-OH is 1. The van der Waals surface area contributed by atoms with Gasteiger partial charge in [0.1, 0.15) is 5.75 Å². The molecule has 0 radical (unpaired) electrons. The fourth-order valence-corrected chi connectivity index (χ4v) is 1.68. The largest absolute Gasteiger partial charge is 0.493 e. The number of pyridine rings is 1. The monoisotopic (exact) mass is 290 g/mol. The van der Waals surface area contributed by atoms with E-state index in [2.05, 4.69) is 4.98 Å². The lowest BCUT2D eigenvalue weighted by molar-refractivity contribution is -0.384. The van der Waals surface area contributed by atoms with Gasteiger partial charge in [0.2, 0.25) is 0 Å². The molecule has 1 aromatic carbocycles. The summed E-state index contributed by atoms with van der Waals surface area (Å²) in [4.78, 5) is 14.3. The molecule has 0 saturated heterocycles. The van der Waals surface area contributed by atoms with Gasteiger partial charge in [-0.2, -0.15) is 0 Å². The Balaban J connectivity index is 2.24. The first kappa shape index (κ1) is 14.7. The highest BCUT2D eigenvalue weighted by atomic mass is 16.6. The van der Waals surface area contributed by atoms with Gasteiger partial charge in [-0.05, 0) is 25.1 Å². The number of aliphatic hydroxyl groups is 1. The minimum atomic E-state index is -0.659. The fourth-order valence-electron chi connectivity index (χ4n) is 1.68. The van der Waals surface area contributed by atoms with Crippen molar-refractivity contribution in [1.29, 1.82) is 0 Å². The number of aromatic nitrogens is 1. The molecular weight excluding hydrogens is 276 g/mol. The summed E-state index contributed by atoms with van der Waals surface area (Å²) in [6.07, 6.45) is 0.802. The zero-order chi connectivity index (χ0) is 15.4. The number of nitro benzene ring substituents is 1. The van der Waals surface area contributed by atoms with Gasteiger partial charge in [-0.3, -0.25) is 15.1 Å². The number of benzene rings is 1. The second-order valence-electron chi connectivity index (χ2n) is 4.29. The second kappa shape index (κ2) is 6.19. The van der Waals surface area contributed by atoms with Crippen molar-refractivity contribution in [3.63, 3.8) is 0 Å². The normalized spacial score (nSPS) is 11.8. The fraction of sp³-hybridized carbons (Fsp3) is 0.214. The van der Waals surface area contributed by atoms with Crippen LogP contribution in [0.5, 0.6) is 17.2 Å². The van der Waals surface area contributed by atoms with E-state index in [4.69, 9.17) is 9.47 Å². The summed E-state index contributed by atoms with van der Waals surface area (Å²) in [6.45, 7) is 1.61. The number of nitro groups is 1. The first-order chi connectivity index (χ1) is 10.0. The molecule has 21 heavy (non-hydrogen) atoms. The third kappa shape index (κ3) is 3.46. The molecule has 1 heterocycles. The highest BCUT2D eigenvalue weighted by Crippen LogP contribution is 2.34. The van der Waals surface area contributed by atoms with Crippen LogP contribution < -0.4 is 9.47 Å². The lowest BCUT2D eigenvalue weighted by atomic mass is 10.2. The first-order valence-electron chi connectivity index (χ1n) is 6.15. The zero-order valence-electron chi connectivity index (χ0n) is 11.5. The van der Waals surface area contributed by atoms with Crippen LogP contribution in [-0.2, 0) is 0 Å². The van der Waals surface area contributed by atoms with Gasteiger partial charge in [0, 0.05) is 6.07 Å². The summed E-state index contributed by atoms with van der Waals surface area (Å²) < 4.78 is 10.7. The highest BCUT2D eigenvalue weighted by molar-refractivity contribution is 5.50. The van der Waals surface area contributed by atoms with Crippen molar-refractivity contribution in [1.82, 2.24) is 4.98 Å². The standard InChI is InChI=1S/C14H14N2O5/c1-9(17)12-5-4-11(8-15-12)21-13-6-3-10(16(18)19)7-14(13)20-2/h3-9,17H,1-2H3/t9-/m0/s1. The summed E-state index contributed by atoms with van der Waals surface area (Å²) in [5, 5.41) is 20.1. The molecule has 0 amide bonds. The Morgan fingerprint density at radius 1 is 1.29 bits per heavy atom. The molecule has 7 nitrogen and oxygen atoms in total. The Morgan fingerprint density at radius 2 is 2.05 bits per heavy atom. The van der Waals surface area contributed by atoms with E-state index in [0.717, 1.165) is 0 Å². The molecule has 2 rings (SSSR count). The summed E-state index contributed by atoms with van der Waals surface area (Å²) in [5.74, 6) is 1.03. The lowest BCUT2D eigenvalue weighted by Crippen LogP contribution is -1.96. The number of nitrogens with zero attached hydrogens (tertiary/aromatic N) is 2. The van der Waals surface area contributed by atoms with Gasteiger partial charge < -0.3 is 14.6 Å². The van der Waals surface area contributed by atoms with E-state index in [9.17, 15) is 15.2 Å². The summed E-state index contributed by atoms with van der Waals surface area (Å²) in [7, 11) is 1.40. The first-order valence-corrected chi connectivity index (χ1v) is 6.15. The van der Waals surface area contributed by atoms with Crippen molar-refractivity contribution in [3.8, 4) is 17.2 Å². The summed E-state index contributed by atoms with van der Waals surface area (Å²) >= 11 is 0. The van der Waals surface area contributed by atoms with Gasteiger partial charge in [0.15, 0.2) is 11.5 Å². The van der Waals surface area contributed by atoms with Crippen molar-refractivity contribution in [3.05, 3.63) is 52.3 Å². The predicted molar refractivity (Wildman–Crippen MR) is 74.6 cm³/mol. The topological polar surface area (TPSA) is 94.7 Å². The maximum Gasteiger partial charge on any atom is 0.273 e. The molecule has 0 aliphatic heterocycles. The van der Waals surface area contributed by atoms with E-state index in [1.165, 1.54) is 31.5 Å². The Kier molecular flexibility index (Phi) is 4.34. The van der Waals surface area contributed by atoms with E-state index in [0.29, 0.717) is 17.2 Å². The van der Waals surface area contributed by atoms with Crippen molar-refractivity contribution in [2.45, 2.75) is 13.0 Å². The van der Waals surface area contributed by atoms with Crippen LogP contribution >= 0.6 is 0 Å². The maximum absolute atomic E-state index is 10.7. The molecule has 0 spiro atoms. The van der Waals surface area contributed by atoms with Gasteiger partial charge in [0.25, 0.3) is 5.69 Å². The van der Waals surface area contributed by atoms with Crippen LogP contribution in [0.2, 0.25) is 0 Å². The van der Waals surface area contributed by atoms with Crippen LogP contribution in [0.25, 0.3) is 0 Å². The summed E-state index contributed by atoms with van der Waals surface area (Å²) in [5.41, 5.74) is 0.444. The van der Waals surface area contributed by atoms with Gasteiger partial charge in [-0.25, -0.2) is 0 Å². The minimum Gasteiger partial charge on any atom is -0.493 e. The van der Waals surface area contributed by atoms with E-state index in [1.54, 1.807) is 19.1 Å². The smallest absolute Gasteiger partial charge is 0.273 e. The minimum absolute atomic E-state index is 0.0817. The molecule has 0 bridgehead atoms. The Bertz CT molecular complexity index is 640. The molecule has 2 aromatic rings. The number of non-ortho nitro benzene ring substituents is 1. The molecule has 1 N–H and O–H groups in total. The maximum atomic E-state index is 10.7. The third-order valence-corrected chi connectivity index (χ3v) is 2.77. The van der Waals surface area contributed by atoms with Crippen LogP contribution in [0.1, 0.15) is 18.7 Å². The molecule has 0 unspecified atom stereocenters. The summed E-state index contributed by atoms with van der Waals surface area (Å²) in [6, 6.07) is 7.36. The van der Waals surface area contributed by atoms with E-state index >= 15 is 0 Å². The van der Waals surface area contributed by atoms with Gasteiger partial charge in [-0.1, -0.05) is 0 Å².